The second kappa shape index (κ2) is 8.78. The molecule has 0 radical (unpaired) electrons. The van der Waals surface area contributed by atoms with Crippen molar-refractivity contribution in [3.05, 3.63) is 64.7 Å². The van der Waals surface area contributed by atoms with Crippen molar-refractivity contribution in [3.8, 4) is 0 Å². The molecule has 176 valence electrons. The fourth-order valence-corrected chi connectivity index (χ4v) is 4.76. The molecule has 2 bridgehead atoms. The van der Waals surface area contributed by atoms with Gasteiger partial charge in [-0.25, -0.2) is 8.78 Å². The van der Waals surface area contributed by atoms with Crippen LogP contribution in [0.3, 0.4) is 0 Å². The number of rotatable bonds is 5. The SMILES string of the molecule is CO[C@@H]1C[C@H]2CC[C@@H](C1)N2C(=O)C(F)(F)c1cc(C(=O)Nc2ccc(F)c(C)c2)ccc1F. The molecule has 4 rings (SSSR count). The third-order valence-electron chi connectivity index (χ3n) is 6.51. The molecule has 2 heterocycles. The van der Waals surface area contributed by atoms with Crippen molar-refractivity contribution in [2.45, 2.75) is 56.7 Å². The fourth-order valence-electron chi connectivity index (χ4n) is 4.76. The number of nitrogens with one attached hydrogen (secondary N) is 1. The minimum atomic E-state index is -4.15. The van der Waals surface area contributed by atoms with E-state index in [0.29, 0.717) is 31.7 Å². The molecule has 2 amide bonds. The van der Waals surface area contributed by atoms with E-state index in [0.717, 1.165) is 18.2 Å². The van der Waals surface area contributed by atoms with Crippen molar-refractivity contribution in [1.82, 2.24) is 4.90 Å². The number of nitrogens with zero attached hydrogens (tertiary/aromatic N) is 1. The lowest BCUT2D eigenvalue weighted by molar-refractivity contribution is -0.166. The topological polar surface area (TPSA) is 58.6 Å². The minimum Gasteiger partial charge on any atom is -0.381 e. The van der Waals surface area contributed by atoms with E-state index in [9.17, 15) is 18.4 Å². The molecule has 3 atom stereocenters. The van der Waals surface area contributed by atoms with Crippen LogP contribution in [-0.2, 0) is 15.5 Å². The molecule has 2 saturated heterocycles. The summed E-state index contributed by atoms with van der Waals surface area (Å²) < 4.78 is 63.8. The highest BCUT2D eigenvalue weighted by atomic mass is 19.3. The van der Waals surface area contributed by atoms with E-state index < -0.39 is 34.9 Å². The first kappa shape index (κ1) is 23.2. The van der Waals surface area contributed by atoms with Crippen LogP contribution in [0.2, 0.25) is 0 Å². The third-order valence-corrected chi connectivity index (χ3v) is 6.51. The molecule has 2 fully saturated rings. The number of aryl methyl sites for hydroxylation is 1. The number of halogens is 4. The summed E-state index contributed by atoms with van der Waals surface area (Å²) >= 11 is 0. The number of anilines is 1. The maximum absolute atomic E-state index is 15.3. The van der Waals surface area contributed by atoms with E-state index in [4.69, 9.17) is 4.74 Å². The Kier molecular flexibility index (Phi) is 6.18. The van der Waals surface area contributed by atoms with Crippen LogP contribution in [0.4, 0.5) is 23.2 Å². The van der Waals surface area contributed by atoms with Gasteiger partial charge in [0, 0.05) is 30.4 Å². The van der Waals surface area contributed by atoms with E-state index in [-0.39, 0.29) is 35.0 Å². The average Bonchev–Trinajstić information content (AvgIpc) is 3.04. The number of hydrogen-bond acceptors (Lipinski definition) is 3. The predicted octanol–water partition coefficient (Wildman–Crippen LogP) is 4.79. The number of amides is 2. The van der Waals surface area contributed by atoms with Crippen LogP contribution >= 0.6 is 0 Å². The molecule has 1 N–H and O–H groups in total. The van der Waals surface area contributed by atoms with Gasteiger partial charge in [0.15, 0.2) is 0 Å². The quantitative estimate of drug-likeness (QED) is 0.648. The monoisotopic (exact) mass is 464 g/mol. The molecule has 9 heteroatoms. The van der Waals surface area contributed by atoms with Crippen LogP contribution in [-0.4, -0.2) is 42.0 Å². The Balaban J connectivity index is 1.58. The normalized spacial score (nSPS) is 22.4. The fraction of sp³-hybridized carbons (Fsp3) is 0.417. The van der Waals surface area contributed by atoms with E-state index in [2.05, 4.69) is 5.32 Å². The number of ether oxygens (including phenoxy) is 1. The van der Waals surface area contributed by atoms with Crippen LogP contribution < -0.4 is 5.32 Å². The lowest BCUT2D eigenvalue weighted by Crippen LogP contribution is -2.53. The van der Waals surface area contributed by atoms with Crippen LogP contribution in [0, 0.1) is 18.6 Å². The molecule has 2 aliphatic rings. The predicted molar refractivity (Wildman–Crippen MR) is 113 cm³/mol. The molecule has 5 nitrogen and oxygen atoms in total. The van der Waals surface area contributed by atoms with Crippen molar-refractivity contribution in [3.63, 3.8) is 0 Å². The van der Waals surface area contributed by atoms with Crippen molar-refractivity contribution in [2.24, 2.45) is 0 Å². The first-order valence-corrected chi connectivity index (χ1v) is 10.7. The summed E-state index contributed by atoms with van der Waals surface area (Å²) in [7, 11) is 1.55. The van der Waals surface area contributed by atoms with Crippen molar-refractivity contribution >= 4 is 17.5 Å². The average molecular weight is 464 g/mol. The van der Waals surface area contributed by atoms with Gasteiger partial charge in [0.05, 0.1) is 11.7 Å². The lowest BCUT2D eigenvalue weighted by atomic mass is 9.96. The van der Waals surface area contributed by atoms with Crippen molar-refractivity contribution < 1.29 is 31.9 Å². The number of alkyl halides is 2. The highest BCUT2D eigenvalue weighted by Crippen LogP contribution is 2.42. The Bertz CT molecular complexity index is 1080. The summed E-state index contributed by atoms with van der Waals surface area (Å²) in [6.45, 7) is 1.51. The zero-order valence-corrected chi connectivity index (χ0v) is 18.2. The van der Waals surface area contributed by atoms with Gasteiger partial charge in [-0.05, 0) is 74.6 Å². The van der Waals surface area contributed by atoms with Gasteiger partial charge in [0.1, 0.15) is 11.6 Å². The molecule has 0 unspecified atom stereocenters. The Morgan fingerprint density at radius 1 is 1.03 bits per heavy atom. The minimum absolute atomic E-state index is 0.0981. The van der Waals surface area contributed by atoms with Crippen molar-refractivity contribution in [1.29, 1.82) is 0 Å². The summed E-state index contributed by atoms with van der Waals surface area (Å²) in [6.07, 6.45) is 2.00. The second-order valence-electron chi connectivity index (χ2n) is 8.61. The Labute approximate surface area is 188 Å². The second-order valence-corrected chi connectivity index (χ2v) is 8.61. The van der Waals surface area contributed by atoms with E-state index >= 15 is 8.78 Å². The number of carbonyl (C=O) groups excluding carboxylic acids is 2. The molecule has 2 aromatic carbocycles. The van der Waals surface area contributed by atoms with E-state index in [1.54, 1.807) is 7.11 Å². The molecule has 0 aromatic heterocycles. The molecule has 33 heavy (non-hydrogen) atoms. The van der Waals surface area contributed by atoms with Gasteiger partial charge in [-0.2, -0.15) is 8.78 Å². The number of benzene rings is 2. The summed E-state index contributed by atoms with van der Waals surface area (Å²) in [4.78, 5) is 26.6. The molecule has 0 saturated carbocycles. The van der Waals surface area contributed by atoms with Crippen LogP contribution in [0.1, 0.15) is 47.2 Å². The van der Waals surface area contributed by atoms with Gasteiger partial charge in [-0.3, -0.25) is 9.59 Å². The Morgan fingerprint density at radius 2 is 1.67 bits per heavy atom. The Morgan fingerprint density at radius 3 is 2.27 bits per heavy atom. The zero-order chi connectivity index (χ0) is 23.9. The van der Waals surface area contributed by atoms with Gasteiger partial charge in [0.25, 0.3) is 11.8 Å². The number of piperidine rings is 1. The molecule has 2 aliphatic heterocycles. The standard InChI is InChI=1S/C24H24F4N2O3/c1-13-9-15(4-8-20(13)25)29-22(31)14-3-7-21(26)19(10-14)24(27,28)23(32)30-16-5-6-17(30)12-18(11-16)33-2/h3-4,7-10,16-18H,5-6,11-12H2,1-2H3,(H,29,31)/t16-,17+,18-. The third kappa shape index (κ3) is 4.34. The van der Waals surface area contributed by atoms with E-state index in [1.807, 2.05) is 0 Å². The van der Waals surface area contributed by atoms with Crippen molar-refractivity contribution in [2.75, 3.05) is 12.4 Å². The maximum Gasteiger partial charge on any atom is 0.352 e. The summed E-state index contributed by atoms with van der Waals surface area (Å²) in [5.74, 6) is -8.13. The van der Waals surface area contributed by atoms with Gasteiger partial charge < -0.3 is 15.0 Å². The lowest BCUT2D eigenvalue weighted by Gasteiger charge is -2.40. The highest BCUT2D eigenvalue weighted by molar-refractivity contribution is 6.04. The van der Waals surface area contributed by atoms with Gasteiger partial charge in [-0.15, -0.1) is 0 Å². The number of hydrogen-bond donors (Lipinski definition) is 1. The first-order chi connectivity index (χ1) is 15.6. The summed E-state index contributed by atoms with van der Waals surface area (Å²) in [5, 5.41) is 2.47. The van der Waals surface area contributed by atoms with Crippen LogP contribution in [0.5, 0.6) is 0 Å². The molecule has 0 spiro atoms. The number of carbonyl (C=O) groups is 2. The highest BCUT2D eigenvalue weighted by Gasteiger charge is 2.53. The van der Waals surface area contributed by atoms with Gasteiger partial charge >= 0.3 is 5.92 Å². The Hall–Kier alpha value is -2.94. The summed E-state index contributed by atoms with van der Waals surface area (Å²) in [5.41, 5.74) is -0.854. The van der Waals surface area contributed by atoms with E-state index in [1.165, 1.54) is 24.0 Å². The van der Waals surface area contributed by atoms with Gasteiger partial charge in [0.2, 0.25) is 0 Å². The smallest absolute Gasteiger partial charge is 0.352 e. The molecular formula is C24H24F4N2O3. The summed E-state index contributed by atoms with van der Waals surface area (Å²) in [6, 6.07) is 5.59. The first-order valence-electron chi connectivity index (χ1n) is 10.7. The number of methoxy groups -OCH3 is 1. The number of fused-ring (bicyclic) bond motifs is 2. The maximum atomic E-state index is 15.3. The van der Waals surface area contributed by atoms with Crippen LogP contribution in [0.15, 0.2) is 36.4 Å². The largest absolute Gasteiger partial charge is 0.381 e. The molecule has 0 aliphatic carbocycles. The zero-order valence-electron chi connectivity index (χ0n) is 18.2. The molecule has 2 aromatic rings. The molecular weight excluding hydrogens is 440 g/mol. The van der Waals surface area contributed by atoms with Gasteiger partial charge in [-0.1, -0.05) is 0 Å². The van der Waals surface area contributed by atoms with Crippen LogP contribution in [0.25, 0.3) is 0 Å².